The van der Waals surface area contributed by atoms with Crippen LogP contribution in [0.3, 0.4) is 0 Å². The Morgan fingerprint density at radius 1 is 1.09 bits per heavy atom. The second-order valence-corrected chi connectivity index (χ2v) is 8.99. The summed E-state index contributed by atoms with van der Waals surface area (Å²) in [6, 6.07) is 7.19. The molecule has 1 aromatic carbocycles. The van der Waals surface area contributed by atoms with E-state index in [9.17, 15) is 9.59 Å². The molecule has 3 aliphatic rings. The lowest BCUT2D eigenvalue weighted by Crippen LogP contribution is -2.51. The van der Waals surface area contributed by atoms with Crippen molar-refractivity contribution >= 4 is 12.0 Å². The van der Waals surface area contributed by atoms with Crippen molar-refractivity contribution in [3.63, 3.8) is 0 Å². The van der Waals surface area contributed by atoms with Crippen LogP contribution in [0.4, 0.5) is 4.79 Å². The molecule has 0 radical (unpaired) electrons. The lowest BCUT2D eigenvalue weighted by Gasteiger charge is -2.41. The monoisotopic (exact) mass is 456 g/mol. The number of hydrogen-bond acceptors (Lipinski definition) is 6. The second-order valence-electron chi connectivity index (χ2n) is 8.99. The third kappa shape index (κ3) is 5.50. The van der Waals surface area contributed by atoms with Gasteiger partial charge < -0.3 is 25.0 Å². The van der Waals surface area contributed by atoms with Gasteiger partial charge in [-0.25, -0.2) is 9.59 Å². The van der Waals surface area contributed by atoms with Crippen LogP contribution < -0.4 is 15.4 Å². The minimum atomic E-state index is -0.630. The quantitative estimate of drug-likeness (QED) is 0.614. The Hall–Kier alpha value is -2.58. The molecule has 2 amide bonds. The number of nitrogens with one attached hydrogen (secondary N) is 2. The predicted octanol–water partition coefficient (Wildman–Crippen LogP) is 2.82. The Bertz CT molecular complexity index is 873. The maximum absolute atomic E-state index is 12.9. The molecule has 3 heterocycles. The number of para-hydroxylation sites is 1. The minimum absolute atomic E-state index is 0.322. The van der Waals surface area contributed by atoms with Gasteiger partial charge in [0, 0.05) is 36.9 Å². The number of urea groups is 1. The van der Waals surface area contributed by atoms with Crippen molar-refractivity contribution in [3.8, 4) is 5.75 Å². The van der Waals surface area contributed by atoms with Crippen molar-refractivity contribution in [2.45, 2.75) is 51.1 Å². The molecule has 2 N–H and O–H groups in total. The van der Waals surface area contributed by atoms with Crippen LogP contribution in [0.5, 0.6) is 5.75 Å². The third-order valence-electron chi connectivity index (χ3n) is 6.93. The Labute approximate surface area is 196 Å². The molecule has 8 heteroatoms. The smallest absolute Gasteiger partial charge is 0.338 e. The molecule has 3 aliphatic heterocycles. The number of hydrogen-bond donors (Lipinski definition) is 2. The van der Waals surface area contributed by atoms with E-state index in [1.165, 1.54) is 39.5 Å². The van der Waals surface area contributed by atoms with Crippen molar-refractivity contribution in [1.82, 2.24) is 20.4 Å². The molecule has 33 heavy (non-hydrogen) atoms. The molecule has 4 rings (SSSR count). The molecule has 2 fully saturated rings. The number of carbonyl (C=O) groups is 2. The topological polar surface area (TPSA) is 83.1 Å². The molecular weight excluding hydrogens is 420 g/mol. The first-order valence-electron chi connectivity index (χ1n) is 12.2. The summed E-state index contributed by atoms with van der Waals surface area (Å²) >= 11 is 0. The van der Waals surface area contributed by atoms with Crippen LogP contribution in [0.25, 0.3) is 0 Å². The summed E-state index contributed by atoms with van der Waals surface area (Å²) in [5.74, 6) is 0.201. The van der Waals surface area contributed by atoms with Crippen LogP contribution in [0.15, 0.2) is 35.5 Å². The van der Waals surface area contributed by atoms with Crippen molar-refractivity contribution < 1.29 is 19.1 Å². The Morgan fingerprint density at radius 2 is 1.82 bits per heavy atom. The maximum atomic E-state index is 12.9. The average molecular weight is 457 g/mol. The van der Waals surface area contributed by atoms with E-state index >= 15 is 0 Å². The van der Waals surface area contributed by atoms with Crippen molar-refractivity contribution in [2.75, 3.05) is 46.4 Å². The number of amides is 2. The number of methoxy groups -OCH3 is 1. The van der Waals surface area contributed by atoms with E-state index in [0.29, 0.717) is 36.2 Å². The van der Waals surface area contributed by atoms with Gasteiger partial charge in [-0.05, 0) is 51.8 Å². The van der Waals surface area contributed by atoms with E-state index in [0.717, 1.165) is 31.5 Å². The van der Waals surface area contributed by atoms with Crippen LogP contribution in [0, 0.1) is 0 Å². The fourth-order valence-corrected chi connectivity index (χ4v) is 5.28. The van der Waals surface area contributed by atoms with Gasteiger partial charge in [0.1, 0.15) is 5.75 Å². The van der Waals surface area contributed by atoms with E-state index in [2.05, 4.69) is 20.4 Å². The van der Waals surface area contributed by atoms with Crippen molar-refractivity contribution in [1.29, 1.82) is 0 Å². The fraction of sp³-hybridized carbons (Fsp3) is 0.600. The summed E-state index contributed by atoms with van der Waals surface area (Å²) < 4.78 is 10.9. The second kappa shape index (κ2) is 11.0. The van der Waals surface area contributed by atoms with Gasteiger partial charge in [-0.3, -0.25) is 4.90 Å². The number of esters is 1. The van der Waals surface area contributed by atoms with Crippen LogP contribution in [0.1, 0.15) is 50.6 Å². The fourth-order valence-electron chi connectivity index (χ4n) is 5.28. The normalized spacial score (nSPS) is 23.1. The van der Waals surface area contributed by atoms with Gasteiger partial charge in [-0.1, -0.05) is 24.6 Å². The molecule has 2 saturated heterocycles. The molecule has 0 aromatic heterocycles. The van der Waals surface area contributed by atoms with Crippen LogP contribution in [-0.4, -0.2) is 74.3 Å². The van der Waals surface area contributed by atoms with Crippen LogP contribution in [0.2, 0.25) is 0 Å². The van der Waals surface area contributed by atoms with Gasteiger partial charge in [0.05, 0.1) is 25.3 Å². The van der Waals surface area contributed by atoms with E-state index < -0.39 is 12.0 Å². The third-order valence-corrected chi connectivity index (χ3v) is 6.93. The van der Waals surface area contributed by atoms with Gasteiger partial charge in [0.2, 0.25) is 0 Å². The van der Waals surface area contributed by atoms with Gasteiger partial charge in [-0.15, -0.1) is 0 Å². The van der Waals surface area contributed by atoms with Gasteiger partial charge in [0.25, 0.3) is 0 Å². The Kier molecular flexibility index (Phi) is 7.88. The highest BCUT2D eigenvalue weighted by Crippen LogP contribution is 2.34. The van der Waals surface area contributed by atoms with E-state index in [1.54, 1.807) is 0 Å². The maximum Gasteiger partial charge on any atom is 0.338 e. The first kappa shape index (κ1) is 23.6. The summed E-state index contributed by atoms with van der Waals surface area (Å²) in [4.78, 5) is 30.5. The minimum Gasteiger partial charge on any atom is -0.494 e. The Morgan fingerprint density at radius 3 is 2.52 bits per heavy atom. The highest BCUT2D eigenvalue weighted by atomic mass is 16.5. The SMILES string of the molecule is CCOc1ccccc1[C@@H]1NC(=O)NC(CN2CCC(N3CCCCC3)CC2)=C1C(=O)OC. The van der Waals surface area contributed by atoms with E-state index in [-0.39, 0.29) is 6.03 Å². The van der Waals surface area contributed by atoms with Gasteiger partial charge in [-0.2, -0.15) is 0 Å². The molecule has 0 saturated carbocycles. The highest BCUT2D eigenvalue weighted by molar-refractivity contribution is 5.95. The standard InChI is InChI=1S/C25H36N4O4/c1-3-33-21-10-6-5-9-19(21)23-22(24(30)32-2)20(26-25(31)27-23)17-28-15-11-18(12-16-28)29-13-7-4-8-14-29/h5-6,9-10,18,23H,3-4,7-8,11-17H2,1-2H3,(H2,26,27,31)/t23-/m0/s1. The summed E-state index contributed by atoms with van der Waals surface area (Å²) in [6.07, 6.45) is 6.19. The number of piperidine rings is 2. The molecule has 0 aliphatic carbocycles. The molecule has 1 atom stereocenters. The first-order chi connectivity index (χ1) is 16.1. The molecule has 180 valence electrons. The number of nitrogens with zero attached hydrogens (tertiary/aromatic N) is 2. The summed E-state index contributed by atoms with van der Waals surface area (Å²) in [6.45, 7) is 7.23. The lowest BCUT2D eigenvalue weighted by molar-refractivity contribution is -0.136. The summed E-state index contributed by atoms with van der Waals surface area (Å²) in [5, 5.41) is 5.79. The van der Waals surface area contributed by atoms with Crippen LogP contribution in [-0.2, 0) is 9.53 Å². The number of rotatable bonds is 7. The molecule has 8 nitrogen and oxygen atoms in total. The number of carbonyl (C=O) groups excluding carboxylic acids is 2. The van der Waals surface area contributed by atoms with Crippen LogP contribution >= 0.6 is 0 Å². The predicted molar refractivity (Wildman–Crippen MR) is 126 cm³/mol. The first-order valence-corrected chi connectivity index (χ1v) is 12.2. The van der Waals surface area contributed by atoms with Crippen molar-refractivity contribution in [2.24, 2.45) is 0 Å². The zero-order chi connectivity index (χ0) is 23.2. The highest BCUT2D eigenvalue weighted by Gasteiger charge is 2.36. The number of ether oxygens (including phenoxy) is 2. The lowest BCUT2D eigenvalue weighted by atomic mass is 9.93. The van der Waals surface area contributed by atoms with Gasteiger partial charge >= 0.3 is 12.0 Å². The number of likely N-dealkylation sites (tertiary alicyclic amines) is 2. The van der Waals surface area contributed by atoms with E-state index in [4.69, 9.17) is 9.47 Å². The number of benzene rings is 1. The van der Waals surface area contributed by atoms with Gasteiger partial charge in [0.15, 0.2) is 0 Å². The molecular formula is C25H36N4O4. The zero-order valence-electron chi connectivity index (χ0n) is 19.8. The zero-order valence-corrected chi connectivity index (χ0v) is 19.8. The van der Waals surface area contributed by atoms with Crippen molar-refractivity contribution in [3.05, 3.63) is 41.1 Å². The molecule has 0 bridgehead atoms. The average Bonchev–Trinajstić information content (AvgIpc) is 2.85. The summed E-state index contributed by atoms with van der Waals surface area (Å²) in [7, 11) is 1.37. The molecule has 0 unspecified atom stereocenters. The summed E-state index contributed by atoms with van der Waals surface area (Å²) in [5.41, 5.74) is 1.79. The largest absolute Gasteiger partial charge is 0.494 e. The molecule has 1 aromatic rings. The molecule has 0 spiro atoms. The van der Waals surface area contributed by atoms with E-state index in [1.807, 2.05) is 31.2 Å². The Balaban J connectivity index is 1.54.